The molecule has 0 atom stereocenters. The van der Waals surface area contributed by atoms with Gasteiger partial charge in [0.25, 0.3) is 5.91 Å². The molecule has 140 valence electrons. The van der Waals surface area contributed by atoms with Crippen LogP contribution < -0.4 is 5.32 Å². The average Bonchev–Trinajstić information content (AvgIpc) is 2.61. The van der Waals surface area contributed by atoms with Crippen molar-refractivity contribution in [3.05, 3.63) is 47.9 Å². The van der Waals surface area contributed by atoms with E-state index in [0.717, 1.165) is 21.3 Å². The molecule has 1 amide bonds. The highest BCUT2D eigenvalue weighted by Gasteiger charge is 2.14. The van der Waals surface area contributed by atoms with Crippen molar-refractivity contribution in [2.75, 3.05) is 26.4 Å². The minimum Gasteiger partial charge on any atom is -0.351 e. The molecule has 1 N–H and O–H groups in total. The molecule has 2 rings (SSSR count). The van der Waals surface area contributed by atoms with Crippen LogP contribution in [0.2, 0.25) is 0 Å². The third-order valence-corrected chi connectivity index (χ3v) is 5.73. The number of hydrogen-bond donors (Lipinski definition) is 1. The first-order valence-corrected chi connectivity index (χ1v) is 9.92. The van der Waals surface area contributed by atoms with Crippen LogP contribution in [0, 0.1) is 0 Å². The number of sulfonamides is 1. The van der Waals surface area contributed by atoms with Crippen LogP contribution in [0.1, 0.15) is 35.8 Å². The summed E-state index contributed by atoms with van der Waals surface area (Å²) in [7, 11) is -0.406. The number of nitrogens with zero attached hydrogens (tertiary/aromatic N) is 3. The van der Waals surface area contributed by atoms with Crippen molar-refractivity contribution in [2.24, 2.45) is 0 Å². The molecule has 8 heteroatoms. The average molecular weight is 376 g/mol. The van der Waals surface area contributed by atoms with Crippen LogP contribution in [0.3, 0.4) is 0 Å². The first-order valence-electron chi connectivity index (χ1n) is 8.31. The molecular formula is C18H24N4O3S. The second-order valence-corrected chi connectivity index (χ2v) is 8.72. The minimum atomic E-state index is -3.34. The molecule has 0 saturated heterocycles. The van der Waals surface area contributed by atoms with Gasteiger partial charge in [0.15, 0.2) is 0 Å². The fraction of sp³-hybridized carbons (Fsp3) is 0.389. The molecule has 2 aromatic rings. The summed E-state index contributed by atoms with van der Waals surface area (Å²) in [6.45, 7) is 4.16. The summed E-state index contributed by atoms with van der Waals surface area (Å²) < 4.78 is 24.6. The maximum Gasteiger partial charge on any atom is 0.251 e. The highest BCUT2D eigenvalue weighted by molar-refractivity contribution is 7.89. The monoisotopic (exact) mass is 376 g/mol. The lowest BCUT2D eigenvalue weighted by atomic mass is 10.0. The number of benzene rings is 1. The Hall–Kier alpha value is -2.32. The van der Waals surface area contributed by atoms with Crippen molar-refractivity contribution in [1.29, 1.82) is 0 Å². The summed E-state index contributed by atoms with van der Waals surface area (Å²) in [5, 5.41) is 2.64. The molecule has 0 aliphatic carbocycles. The molecule has 0 bridgehead atoms. The predicted octanol–water partition coefficient (Wildman–Crippen LogP) is 1.89. The lowest BCUT2D eigenvalue weighted by molar-refractivity contribution is 0.0956. The van der Waals surface area contributed by atoms with Crippen molar-refractivity contribution >= 4 is 15.9 Å². The van der Waals surface area contributed by atoms with Gasteiger partial charge in [0, 0.05) is 37.5 Å². The molecule has 0 aliphatic rings. The van der Waals surface area contributed by atoms with E-state index in [1.54, 1.807) is 18.2 Å². The SMILES string of the molecule is CC(C)c1cc(-c2cccc(C(=O)NCCS(=O)(=O)N(C)C)c2)ncn1. The third-order valence-electron chi connectivity index (χ3n) is 3.90. The van der Waals surface area contributed by atoms with E-state index in [4.69, 9.17) is 0 Å². The van der Waals surface area contributed by atoms with Crippen LogP contribution in [-0.4, -0.2) is 55.0 Å². The summed E-state index contributed by atoms with van der Waals surface area (Å²) in [5.41, 5.74) is 2.93. The van der Waals surface area contributed by atoms with Gasteiger partial charge in [-0.05, 0) is 24.1 Å². The van der Waals surface area contributed by atoms with Gasteiger partial charge in [-0.15, -0.1) is 0 Å². The number of hydrogen-bond acceptors (Lipinski definition) is 5. The molecule has 0 spiro atoms. The third kappa shape index (κ3) is 5.09. The van der Waals surface area contributed by atoms with Crippen LogP contribution in [0.25, 0.3) is 11.3 Å². The highest BCUT2D eigenvalue weighted by atomic mass is 32.2. The van der Waals surface area contributed by atoms with E-state index in [9.17, 15) is 13.2 Å². The predicted molar refractivity (Wildman–Crippen MR) is 101 cm³/mol. The zero-order chi connectivity index (χ0) is 19.3. The van der Waals surface area contributed by atoms with E-state index in [-0.39, 0.29) is 24.1 Å². The number of nitrogens with one attached hydrogen (secondary N) is 1. The lowest BCUT2D eigenvalue weighted by Crippen LogP contribution is -2.33. The fourth-order valence-corrected chi connectivity index (χ4v) is 2.97. The van der Waals surface area contributed by atoms with Crippen LogP contribution in [0.4, 0.5) is 0 Å². The molecule has 0 radical (unpaired) electrons. The van der Waals surface area contributed by atoms with Gasteiger partial charge in [0.2, 0.25) is 10.0 Å². The largest absolute Gasteiger partial charge is 0.351 e. The Morgan fingerprint density at radius 3 is 2.58 bits per heavy atom. The summed E-state index contributed by atoms with van der Waals surface area (Å²) >= 11 is 0. The van der Waals surface area contributed by atoms with Crippen molar-refractivity contribution in [1.82, 2.24) is 19.6 Å². The molecule has 26 heavy (non-hydrogen) atoms. The Bertz CT molecular complexity index is 880. The topological polar surface area (TPSA) is 92.3 Å². The number of rotatable bonds is 7. The van der Waals surface area contributed by atoms with Gasteiger partial charge in [-0.2, -0.15) is 0 Å². The maximum absolute atomic E-state index is 12.3. The molecule has 0 unspecified atom stereocenters. The minimum absolute atomic E-state index is 0.0502. The first-order chi connectivity index (χ1) is 12.2. The van der Waals surface area contributed by atoms with E-state index >= 15 is 0 Å². The van der Waals surface area contributed by atoms with E-state index in [2.05, 4.69) is 29.1 Å². The number of aromatic nitrogens is 2. The second kappa shape index (κ2) is 8.37. The van der Waals surface area contributed by atoms with Gasteiger partial charge >= 0.3 is 0 Å². The summed E-state index contributed by atoms with van der Waals surface area (Å²) in [6, 6.07) is 8.98. The van der Waals surface area contributed by atoms with Crippen molar-refractivity contribution in [3.8, 4) is 11.3 Å². The number of carbonyl (C=O) groups excluding carboxylic acids is 1. The van der Waals surface area contributed by atoms with E-state index in [0.29, 0.717) is 5.56 Å². The van der Waals surface area contributed by atoms with E-state index < -0.39 is 10.0 Å². The standard InChI is InChI=1S/C18H24N4O3S/c1-13(2)16-11-17(21-12-20-16)14-6-5-7-15(10-14)18(23)19-8-9-26(24,25)22(3)4/h5-7,10-13H,8-9H2,1-4H3,(H,19,23). The molecule has 1 aromatic heterocycles. The maximum atomic E-state index is 12.3. The quantitative estimate of drug-likeness (QED) is 0.797. The Labute approximate surface area is 154 Å². The molecule has 1 aromatic carbocycles. The fourth-order valence-electron chi connectivity index (χ4n) is 2.24. The zero-order valence-electron chi connectivity index (χ0n) is 15.4. The van der Waals surface area contributed by atoms with Crippen LogP contribution >= 0.6 is 0 Å². The summed E-state index contributed by atoms with van der Waals surface area (Å²) in [6.07, 6.45) is 1.52. The smallest absolute Gasteiger partial charge is 0.251 e. The first kappa shape index (κ1) is 20.0. The molecule has 0 fully saturated rings. The molecule has 1 heterocycles. The van der Waals surface area contributed by atoms with Crippen LogP contribution in [0.5, 0.6) is 0 Å². The van der Waals surface area contributed by atoms with Gasteiger partial charge in [-0.25, -0.2) is 22.7 Å². The lowest BCUT2D eigenvalue weighted by Gasteiger charge is -2.12. The van der Waals surface area contributed by atoms with Gasteiger partial charge < -0.3 is 5.32 Å². The summed E-state index contributed by atoms with van der Waals surface area (Å²) in [5.74, 6) is -0.185. The Balaban J connectivity index is 2.11. The summed E-state index contributed by atoms with van der Waals surface area (Å²) in [4.78, 5) is 20.8. The molecule has 0 saturated carbocycles. The number of carbonyl (C=O) groups is 1. The van der Waals surface area contributed by atoms with Gasteiger partial charge in [-0.3, -0.25) is 4.79 Å². The van der Waals surface area contributed by atoms with Gasteiger partial charge in [0.1, 0.15) is 6.33 Å². The van der Waals surface area contributed by atoms with Gasteiger partial charge in [0.05, 0.1) is 11.4 Å². The normalized spacial score (nSPS) is 11.8. The van der Waals surface area contributed by atoms with Crippen molar-refractivity contribution < 1.29 is 13.2 Å². The van der Waals surface area contributed by atoms with Crippen LogP contribution in [-0.2, 0) is 10.0 Å². The van der Waals surface area contributed by atoms with Crippen LogP contribution in [0.15, 0.2) is 36.7 Å². The highest BCUT2D eigenvalue weighted by Crippen LogP contribution is 2.21. The molecule has 0 aliphatic heterocycles. The van der Waals surface area contributed by atoms with E-state index in [1.165, 1.54) is 20.4 Å². The number of amides is 1. The Kier molecular flexibility index (Phi) is 6.44. The molecule has 7 nitrogen and oxygen atoms in total. The zero-order valence-corrected chi connectivity index (χ0v) is 16.2. The van der Waals surface area contributed by atoms with Crippen molar-refractivity contribution in [2.45, 2.75) is 19.8 Å². The van der Waals surface area contributed by atoms with Crippen molar-refractivity contribution in [3.63, 3.8) is 0 Å². The Morgan fingerprint density at radius 2 is 1.92 bits per heavy atom. The van der Waals surface area contributed by atoms with E-state index in [1.807, 2.05) is 12.1 Å². The molecular weight excluding hydrogens is 352 g/mol. The second-order valence-electron chi connectivity index (χ2n) is 6.42. The van der Waals surface area contributed by atoms with Gasteiger partial charge in [-0.1, -0.05) is 26.0 Å². The Morgan fingerprint density at radius 1 is 1.19 bits per heavy atom.